The molecule has 1 aromatic carbocycles. The molecule has 1 aliphatic rings. The van der Waals surface area contributed by atoms with E-state index in [1.54, 1.807) is 0 Å². The zero-order valence-electron chi connectivity index (χ0n) is 12.5. The average molecular weight is 305 g/mol. The smallest absolute Gasteiger partial charge is 0.0965 e. The van der Waals surface area contributed by atoms with E-state index in [1.165, 1.54) is 15.6 Å². The first-order valence-electron chi connectivity index (χ1n) is 7.76. The molecule has 0 amide bonds. The summed E-state index contributed by atoms with van der Waals surface area (Å²) in [6.45, 7) is 5.34. The van der Waals surface area contributed by atoms with Crippen molar-refractivity contribution in [2.75, 3.05) is 26.4 Å². The zero-order chi connectivity index (χ0) is 14.5. The van der Waals surface area contributed by atoms with Gasteiger partial charge in [0.25, 0.3) is 0 Å². The lowest BCUT2D eigenvalue weighted by Crippen LogP contribution is -2.48. The van der Waals surface area contributed by atoms with Crippen LogP contribution in [-0.2, 0) is 15.9 Å². The van der Waals surface area contributed by atoms with Crippen molar-refractivity contribution < 1.29 is 9.47 Å². The third kappa shape index (κ3) is 3.64. The molecular formula is C17H23NO2S. The molecule has 114 valence electrons. The summed E-state index contributed by atoms with van der Waals surface area (Å²) in [6, 6.07) is 8.96. The standard InChI is InChI=1S/C17H23NO2S/c1-2-7-18-15(16-11-19-8-9-20-16)10-13-12-21-17-6-4-3-5-14(13)17/h3-6,12,15-16,18H,2,7-11H2,1H3. The quantitative estimate of drug-likeness (QED) is 0.889. The molecule has 1 aliphatic heterocycles. The minimum absolute atomic E-state index is 0.156. The number of benzene rings is 1. The minimum Gasteiger partial charge on any atom is -0.376 e. The van der Waals surface area contributed by atoms with Gasteiger partial charge in [-0.1, -0.05) is 25.1 Å². The number of nitrogens with one attached hydrogen (secondary N) is 1. The molecule has 1 fully saturated rings. The van der Waals surface area contributed by atoms with Gasteiger partial charge >= 0.3 is 0 Å². The second-order valence-corrected chi connectivity index (χ2v) is 6.42. The molecule has 21 heavy (non-hydrogen) atoms. The first kappa shape index (κ1) is 15.0. The van der Waals surface area contributed by atoms with Gasteiger partial charge in [-0.2, -0.15) is 0 Å². The molecule has 0 bridgehead atoms. The van der Waals surface area contributed by atoms with Crippen LogP contribution in [0.15, 0.2) is 29.6 Å². The molecule has 0 saturated carbocycles. The van der Waals surface area contributed by atoms with E-state index in [1.807, 2.05) is 11.3 Å². The van der Waals surface area contributed by atoms with Crippen molar-refractivity contribution in [1.82, 2.24) is 5.32 Å². The van der Waals surface area contributed by atoms with Crippen LogP contribution in [0.1, 0.15) is 18.9 Å². The number of fused-ring (bicyclic) bond motifs is 1. The molecule has 1 aromatic heterocycles. The Morgan fingerprint density at radius 2 is 2.24 bits per heavy atom. The predicted molar refractivity (Wildman–Crippen MR) is 88.2 cm³/mol. The highest BCUT2D eigenvalue weighted by Gasteiger charge is 2.25. The number of thiophene rings is 1. The minimum atomic E-state index is 0.156. The molecule has 4 heteroatoms. The van der Waals surface area contributed by atoms with Crippen molar-refractivity contribution in [3.05, 3.63) is 35.2 Å². The molecule has 0 radical (unpaired) electrons. The fraction of sp³-hybridized carbons (Fsp3) is 0.529. The fourth-order valence-electron chi connectivity index (χ4n) is 2.83. The zero-order valence-corrected chi connectivity index (χ0v) is 13.3. The topological polar surface area (TPSA) is 30.5 Å². The van der Waals surface area contributed by atoms with Crippen LogP contribution in [0.5, 0.6) is 0 Å². The van der Waals surface area contributed by atoms with Gasteiger partial charge in [0.05, 0.1) is 25.9 Å². The molecule has 0 aliphatic carbocycles. The first-order chi connectivity index (χ1) is 10.4. The third-order valence-electron chi connectivity index (χ3n) is 3.95. The fourth-order valence-corrected chi connectivity index (χ4v) is 3.81. The second-order valence-electron chi connectivity index (χ2n) is 5.51. The van der Waals surface area contributed by atoms with Gasteiger partial charge in [0.15, 0.2) is 0 Å². The van der Waals surface area contributed by atoms with Crippen LogP contribution in [0, 0.1) is 0 Å². The van der Waals surface area contributed by atoms with E-state index in [-0.39, 0.29) is 6.10 Å². The van der Waals surface area contributed by atoms with Crippen molar-refractivity contribution in [3.63, 3.8) is 0 Å². The van der Waals surface area contributed by atoms with E-state index in [0.717, 1.165) is 26.0 Å². The summed E-state index contributed by atoms with van der Waals surface area (Å²) < 4.78 is 12.9. The van der Waals surface area contributed by atoms with Crippen LogP contribution in [0.4, 0.5) is 0 Å². The SMILES string of the molecule is CCCNC(Cc1csc2ccccc12)C1COCCO1. The van der Waals surface area contributed by atoms with Crippen LogP contribution >= 0.6 is 11.3 Å². The maximum Gasteiger partial charge on any atom is 0.0965 e. The summed E-state index contributed by atoms with van der Waals surface area (Å²) in [4.78, 5) is 0. The van der Waals surface area contributed by atoms with Gasteiger partial charge in [-0.15, -0.1) is 11.3 Å². The van der Waals surface area contributed by atoms with Crippen LogP contribution < -0.4 is 5.32 Å². The van der Waals surface area contributed by atoms with Crippen molar-refractivity contribution in [3.8, 4) is 0 Å². The van der Waals surface area contributed by atoms with E-state index in [9.17, 15) is 0 Å². The summed E-state index contributed by atoms with van der Waals surface area (Å²) in [6.07, 6.45) is 2.29. The van der Waals surface area contributed by atoms with Crippen LogP contribution in [0.25, 0.3) is 10.1 Å². The number of rotatable bonds is 6. The summed E-state index contributed by atoms with van der Waals surface area (Å²) in [5.41, 5.74) is 1.42. The van der Waals surface area contributed by atoms with Gasteiger partial charge in [0.2, 0.25) is 0 Å². The van der Waals surface area contributed by atoms with E-state index < -0.39 is 0 Å². The Kier molecular flexibility index (Phi) is 5.25. The average Bonchev–Trinajstić information content (AvgIpc) is 2.95. The molecule has 3 nitrogen and oxygen atoms in total. The Hall–Kier alpha value is -0.940. The van der Waals surface area contributed by atoms with Gasteiger partial charge in [-0.05, 0) is 41.8 Å². The maximum absolute atomic E-state index is 5.91. The number of hydrogen-bond donors (Lipinski definition) is 1. The van der Waals surface area contributed by atoms with Crippen molar-refractivity contribution in [1.29, 1.82) is 0 Å². The Bertz CT molecular complexity index is 563. The lowest BCUT2D eigenvalue weighted by molar-refractivity contribution is -0.101. The van der Waals surface area contributed by atoms with Crippen molar-refractivity contribution >= 4 is 21.4 Å². The normalized spacial score (nSPS) is 20.7. The molecular weight excluding hydrogens is 282 g/mol. The van der Waals surface area contributed by atoms with Gasteiger partial charge in [-0.25, -0.2) is 0 Å². The van der Waals surface area contributed by atoms with E-state index >= 15 is 0 Å². The highest BCUT2D eigenvalue weighted by Crippen LogP contribution is 2.27. The highest BCUT2D eigenvalue weighted by atomic mass is 32.1. The Morgan fingerprint density at radius 3 is 3.05 bits per heavy atom. The third-order valence-corrected chi connectivity index (χ3v) is 4.96. The largest absolute Gasteiger partial charge is 0.376 e. The van der Waals surface area contributed by atoms with Crippen molar-refractivity contribution in [2.24, 2.45) is 0 Å². The van der Waals surface area contributed by atoms with E-state index in [0.29, 0.717) is 19.3 Å². The molecule has 2 atom stereocenters. The summed E-state index contributed by atoms with van der Waals surface area (Å²) >= 11 is 1.83. The monoisotopic (exact) mass is 305 g/mol. The molecule has 1 N–H and O–H groups in total. The molecule has 2 heterocycles. The summed E-state index contributed by atoms with van der Waals surface area (Å²) in [7, 11) is 0. The summed E-state index contributed by atoms with van der Waals surface area (Å²) in [5, 5.41) is 7.31. The molecule has 2 unspecified atom stereocenters. The Morgan fingerprint density at radius 1 is 1.33 bits per heavy atom. The Balaban J connectivity index is 1.76. The van der Waals surface area contributed by atoms with Crippen LogP contribution in [0.3, 0.4) is 0 Å². The second kappa shape index (κ2) is 7.36. The molecule has 3 rings (SSSR count). The van der Waals surface area contributed by atoms with E-state index in [2.05, 4.69) is 41.9 Å². The van der Waals surface area contributed by atoms with Gasteiger partial charge in [0.1, 0.15) is 0 Å². The first-order valence-corrected chi connectivity index (χ1v) is 8.64. The van der Waals surface area contributed by atoms with Gasteiger partial charge in [-0.3, -0.25) is 0 Å². The van der Waals surface area contributed by atoms with Gasteiger partial charge in [0, 0.05) is 10.7 Å². The Labute approximate surface area is 130 Å². The van der Waals surface area contributed by atoms with Gasteiger partial charge < -0.3 is 14.8 Å². The number of hydrogen-bond acceptors (Lipinski definition) is 4. The number of ether oxygens (including phenoxy) is 2. The van der Waals surface area contributed by atoms with Crippen LogP contribution in [0.2, 0.25) is 0 Å². The van der Waals surface area contributed by atoms with Crippen molar-refractivity contribution in [2.45, 2.75) is 31.9 Å². The molecule has 0 spiro atoms. The van der Waals surface area contributed by atoms with E-state index in [4.69, 9.17) is 9.47 Å². The molecule has 1 saturated heterocycles. The highest BCUT2D eigenvalue weighted by molar-refractivity contribution is 7.17. The maximum atomic E-state index is 5.91. The molecule has 2 aromatic rings. The van der Waals surface area contributed by atoms with Crippen LogP contribution in [-0.4, -0.2) is 38.5 Å². The lowest BCUT2D eigenvalue weighted by atomic mass is 10.0. The lowest BCUT2D eigenvalue weighted by Gasteiger charge is -2.31. The summed E-state index contributed by atoms with van der Waals surface area (Å²) in [5.74, 6) is 0. The predicted octanol–water partition coefficient (Wildman–Crippen LogP) is 3.23.